The molecule has 0 spiro atoms. The first-order chi connectivity index (χ1) is 10.6. The smallest absolute Gasteiger partial charge is 0.268 e. The van der Waals surface area contributed by atoms with E-state index in [4.69, 9.17) is 5.21 Å². The zero-order chi connectivity index (χ0) is 16.2. The van der Waals surface area contributed by atoms with Crippen LogP contribution in [0.3, 0.4) is 0 Å². The lowest BCUT2D eigenvalue weighted by Gasteiger charge is -2.05. The average Bonchev–Trinajstić information content (AvgIpc) is 2.53. The van der Waals surface area contributed by atoms with E-state index in [0.717, 1.165) is 31.4 Å². The van der Waals surface area contributed by atoms with E-state index in [1.165, 1.54) is 6.92 Å². The fraction of sp³-hybridized carbons (Fsp3) is 0.438. The minimum absolute atomic E-state index is 0.0225. The van der Waals surface area contributed by atoms with Crippen molar-refractivity contribution in [3.05, 3.63) is 30.3 Å². The van der Waals surface area contributed by atoms with Crippen molar-refractivity contribution in [1.82, 2.24) is 5.32 Å². The Morgan fingerprint density at radius 1 is 1.09 bits per heavy atom. The molecule has 6 nitrogen and oxygen atoms in total. The Labute approximate surface area is 130 Å². The molecule has 0 aliphatic heterocycles. The highest BCUT2D eigenvalue weighted by molar-refractivity contribution is 6.37. The van der Waals surface area contributed by atoms with E-state index >= 15 is 0 Å². The van der Waals surface area contributed by atoms with E-state index in [2.05, 4.69) is 15.8 Å². The van der Waals surface area contributed by atoms with Crippen LogP contribution in [0.1, 0.15) is 39.0 Å². The highest BCUT2D eigenvalue weighted by Crippen LogP contribution is 2.08. The number of nitrogens with zero attached hydrogens (tertiary/aromatic N) is 1. The first-order valence-electron chi connectivity index (χ1n) is 7.45. The lowest BCUT2D eigenvalue weighted by Crippen LogP contribution is -2.30. The van der Waals surface area contributed by atoms with E-state index in [-0.39, 0.29) is 17.5 Å². The topological polar surface area (TPSA) is 90.8 Å². The number of carbonyl (C=O) groups is 2. The van der Waals surface area contributed by atoms with Gasteiger partial charge in [0.05, 0.1) is 0 Å². The summed E-state index contributed by atoms with van der Waals surface area (Å²) in [5, 5.41) is 16.8. The second-order valence-electron chi connectivity index (χ2n) is 5.02. The van der Waals surface area contributed by atoms with Crippen LogP contribution < -0.4 is 10.6 Å². The standard InChI is InChI=1S/C16H23N3O3/c1-13(19-22)16(21)17-12-8-3-2-7-11-15(20)18-14-9-5-4-6-10-14/h4-6,9-10,22H,2-3,7-8,11-12H2,1H3,(H,17,21)(H,18,20)/b19-13+. The maximum absolute atomic E-state index is 11.7. The SMILES string of the molecule is C/C(=N\O)C(=O)NCCCCCCC(=O)Nc1ccccc1. The maximum Gasteiger partial charge on any atom is 0.268 e. The Kier molecular flexibility index (Phi) is 8.33. The van der Waals surface area contributed by atoms with Gasteiger partial charge in [-0.05, 0) is 31.9 Å². The highest BCUT2D eigenvalue weighted by atomic mass is 16.4. The minimum atomic E-state index is -0.357. The molecule has 6 heteroatoms. The summed E-state index contributed by atoms with van der Waals surface area (Å²) in [6, 6.07) is 9.39. The van der Waals surface area contributed by atoms with E-state index in [1.807, 2.05) is 30.3 Å². The Morgan fingerprint density at radius 2 is 1.77 bits per heavy atom. The average molecular weight is 305 g/mol. The summed E-state index contributed by atoms with van der Waals surface area (Å²) >= 11 is 0. The van der Waals surface area contributed by atoms with Gasteiger partial charge < -0.3 is 15.8 Å². The van der Waals surface area contributed by atoms with E-state index in [9.17, 15) is 9.59 Å². The summed E-state index contributed by atoms with van der Waals surface area (Å²) in [6.45, 7) is 1.99. The Morgan fingerprint density at radius 3 is 2.45 bits per heavy atom. The van der Waals surface area contributed by atoms with Crippen molar-refractivity contribution in [2.75, 3.05) is 11.9 Å². The molecule has 0 aliphatic rings. The molecule has 1 aromatic carbocycles. The van der Waals surface area contributed by atoms with E-state index < -0.39 is 0 Å². The molecule has 1 aromatic rings. The summed E-state index contributed by atoms with van der Waals surface area (Å²) in [5.74, 6) is -0.334. The molecular weight excluding hydrogens is 282 g/mol. The Balaban J connectivity index is 2.01. The van der Waals surface area contributed by atoms with Crippen molar-refractivity contribution in [2.45, 2.75) is 39.0 Å². The van der Waals surface area contributed by atoms with Gasteiger partial charge in [-0.1, -0.05) is 36.2 Å². The van der Waals surface area contributed by atoms with Crippen molar-refractivity contribution in [1.29, 1.82) is 0 Å². The first-order valence-corrected chi connectivity index (χ1v) is 7.45. The quantitative estimate of drug-likeness (QED) is 0.283. The lowest BCUT2D eigenvalue weighted by atomic mass is 10.1. The number of oxime groups is 1. The van der Waals surface area contributed by atoms with Crippen LogP contribution in [0.15, 0.2) is 35.5 Å². The third-order valence-corrected chi connectivity index (χ3v) is 3.15. The summed E-state index contributed by atoms with van der Waals surface area (Å²) in [5.41, 5.74) is 0.869. The normalized spacial score (nSPS) is 11.0. The molecule has 0 unspecified atom stereocenters. The number of benzene rings is 1. The van der Waals surface area contributed by atoms with Crippen molar-refractivity contribution in [3.63, 3.8) is 0 Å². The van der Waals surface area contributed by atoms with Gasteiger partial charge in [-0.25, -0.2) is 0 Å². The number of para-hydroxylation sites is 1. The first kappa shape index (κ1) is 17.7. The molecule has 1 rings (SSSR count). The van der Waals surface area contributed by atoms with Gasteiger partial charge in [-0.15, -0.1) is 0 Å². The lowest BCUT2D eigenvalue weighted by molar-refractivity contribution is -0.116. The summed E-state index contributed by atoms with van der Waals surface area (Å²) in [7, 11) is 0. The van der Waals surface area contributed by atoms with Gasteiger partial charge in [0, 0.05) is 18.7 Å². The predicted octanol–water partition coefficient (Wildman–Crippen LogP) is 2.54. The van der Waals surface area contributed by atoms with Crippen LogP contribution >= 0.6 is 0 Å². The van der Waals surface area contributed by atoms with Gasteiger partial charge in [0.15, 0.2) is 0 Å². The highest BCUT2D eigenvalue weighted by Gasteiger charge is 2.05. The second kappa shape index (κ2) is 10.4. The summed E-state index contributed by atoms with van der Waals surface area (Å²) < 4.78 is 0. The number of hydrogen-bond donors (Lipinski definition) is 3. The maximum atomic E-state index is 11.7. The third kappa shape index (κ3) is 7.42. The van der Waals surface area contributed by atoms with Crippen LogP contribution in [-0.2, 0) is 9.59 Å². The third-order valence-electron chi connectivity index (χ3n) is 3.15. The molecule has 0 saturated heterocycles. The van der Waals surface area contributed by atoms with Crippen molar-refractivity contribution >= 4 is 23.2 Å². The number of anilines is 1. The molecule has 0 heterocycles. The molecule has 0 atom stereocenters. The minimum Gasteiger partial charge on any atom is -0.410 e. The molecule has 0 bridgehead atoms. The van der Waals surface area contributed by atoms with Crippen LogP contribution in [-0.4, -0.2) is 29.3 Å². The van der Waals surface area contributed by atoms with Crippen molar-refractivity contribution < 1.29 is 14.8 Å². The number of hydrogen-bond acceptors (Lipinski definition) is 4. The molecule has 0 fully saturated rings. The largest absolute Gasteiger partial charge is 0.410 e. The van der Waals surface area contributed by atoms with E-state index in [1.54, 1.807) is 0 Å². The van der Waals surface area contributed by atoms with Gasteiger partial charge in [0.2, 0.25) is 5.91 Å². The molecule has 120 valence electrons. The van der Waals surface area contributed by atoms with Crippen molar-refractivity contribution in [2.24, 2.45) is 5.16 Å². The van der Waals surface area contributed by atoms with Gasteiger partial charge in [-0.3, -0.25) is 9.59 Å². The molecule has 0 aliphatic carbocycles. The molecule has 0 radical (unpaired) electrons. The van der Waals surface area contributed by atoms with Crippen LogP contribution in [0.5, 0.6) is 0 Å². The number of rotatable bonds is 9. The summed E-state index contributed by atoms with van der Waals surface area (Å²) in [4.78, 5) is 23.0. The molecule has 3 N–H and O–H groups in total. The summed E-state index contributed by atoms with van der Waals surface area (Å²) in [6.07, 6.45) is 4.03. The monoisotopic (exact) mass is 305 g/mol. The number of nitrogens with one attached hydrogen (secondary N) is 2. The Hall–Kier alpha value is -2.37. The zero-order valence-corrected chi connectivity index (χ0v) is 12.8. The number of unbranched alkanes of at least 4 members (excludes halogenated alkanes) is 3. The van der Waals surface area contributed by atoms with Crippen LogP contribution in [0, 0.1) is 0 Å². The molecule has 0 aromatic heterocycles. The predicted molar refractivity (Wildman–Crippen MR) is 86.1 cm³/mol. The van der Waals surface area contributed by atoms with Gasteiger partial charge >= 0.3 is 0 Å². The fourth-order valence-corrected chi connectivity index (χ4v) is 1.88. The zero-order valence-electron chi connectivity index (χ0n) is 12.8. The molecule has 22 heavy (non-hydrogen) atoms. The number of carbonyl (C=O) groups excluding carboxylic acids is 2. The Bertz CT molecular complexity index is 501. The van der Waals surface area contributed by atoms with Crippen molar-refractivity contribution in [3.8, 4) is 0 Å². The molecular formula is C16H23N3O3. The second-order valence-corrected chi connectivity index (χ2v) is 5.02. The number of amides is 2. The van der Waals surface area contributed by atoms with Crippen LogP contribution in [0.25, 0.3) is 0 Å². The fourth-order valence-electron chi connectivity index (χ4n) is 1.88. The molecule has 2 amide bonds. The van der Waals surface area contributed by atoms with E-state index in [0.29, 0.717) is 13.0 Å². The molecule has 0 saturated carbocycles. The van der Waals surface area contributed by atoms with Gasteiger partial charge in [0.1, 0.15) is 5.71 Å². The van der Waals surface area contributed by atoms with Crippen LogP contribution in [0.4, 0.5) is 5.69 Å². The van der Waals surface area contributed by atoms with Crippen LogP contribution in [0.2, 0.25) is 0 Å². The van der Waals surface area contributed by atoms with Gasteiger partial charge in [0.25, 0.3) is 5.91 Å². The van der Waals surface area contributed by atoms with Gasteiger partial charge in [-0.2, -0.15) is 0 Å².